The molecule has 1 aromatic carbocycles. The third-order valence-electron chi connectivity index (χ3n) is 3.83. The molecule has 3 rings (SSSR count). The van der Waals surface area contributed by atoms with Crippen molar-refractivity contribution < 1.29 is 9.90 Å². The highest BCUT2D eigenvalue weighted by Gasteiger charge is 2.17. The Hall–Kier alpha value is -2.28. The molecule has 0 amide bonds. The third kappa shape index (κ3) is 3.35. The Morgan fingerprint density at radius 3 is 2.81 bits per heavy atom. The van der Waals surface area contributed by atoms with Crippen LogP contribution in [0.4, 0.5) is 5.69 Å². The minimum Gasteiger partial charge on any atom is -0.543 e. The number of hydrogen-bond donors (Lipinski definition) is 2. The first-order valence-electron chi connectivity index (χ1n) is 7.57. The van der Waals surface area contributed by atoms with Crippen LogP contribution in [0.25, 0.3) is 10.9 Å². The van der Waals surface area contributed by atoms with Crippen molar-refractivity contribution in [1.82, 2.24) is 9.97 Å². The number of aromatic amines is 1. The normalized spacial score (nSPS) is 11.4. The van der Waals surface area contributed by atoms with Gasteiger partial charge in [0.2, 0.25) is 0 Å². The molecule has 0 bridgehead atoms. The van der Waals surface area contributed by atoms with E-state index in [0.29, 0.717) is 0 Å². The van der Waals surface area contributed by atoms with E-state index in [4.69, 9.17) is 34.8 Å². The zero-order valence-corrected chi connectivity index (χ0v) is 15.7. The zero-order valence-electron chi connectivity index (χ0n) is 13.4. The maximum Gasteiger partial charge on any atom is 0.150 e. The minimum atomic E-state index is -1.57. The molecule has 0 saturated heterocycles. The number of aryl methyl sites for hydroxylation is 1. The molecular weight excluding hydrogens is 399 g/mol. The summed E-state index contributed by atoms with van der Waals surface area (Å²) in [4.78, 5) is 17.9. The van der Waals surface area contributed by atoms with Crippen molar-refractivity contribution in [3.05, 3.63) is 56.4 Å². The molecule has 2 heterocycles. The third-order valence-corrected chi connectivity index (χ3v) is 4.93. The van der Waals surface area contributed by atoms with Gasteiger partial charge in [-0.3, -0.25) is 5.43 Å². The number of carbonyl (C=O) groups is 1. The molecule has 0 saturated carbocycles. The summed E-state index contributed by atoms with van der Waals surface area (Å²) in [6, 6.07) is 6.00. The molecule has 26 heavy (non-hydrogen) atoms. The molecular formula is C17H12Cl3N4O2-. The maximum atomic E-state index is 11.1. The van der Waals surface area contributed by atoms with E-state index in [2.05, 4.69) is 33.5 Å². The molecule has 0 spiro atoms. The standard InChI is InChI=1S/C17H13Cl3N4O2/c1-2-8-4-3-5-10-9(6-21-13(8)10)7-22-24-14-11(18)15(17(25)26)23-16(20)12(14)19/h3-7,21H,2H2,1H3,(H,23,24)(H,25,26)/p-1/b22-7+. The number of hydrogen-bond acceptors (Lipinski definition) is 5. The Morgan fingerprint density at radius 2 is 2.12 bits per heavy atom. The number of carboxylic acid groups (broad SMARTS) is 1. The van der Waals surface area contributed by atoms with Gasteiger partial charge in [0.1, 0.15) is 10.7 Å². The van der Waals surface area contributed by atoms with E-state index in [-0.39, 0.29) is 20.9 Å². The fraction of sp³-hybridized carbons (Fsp3) is 0.118. The highest BCUT2D eigenvalue weighted by atomic mass is 35.5. The molecule has 0 aliphatic heterocycles. The average Bonchev–Trinajstić information content (AvgIpc) is 3.04. The lowest BCUT2D eigenvalue weighted by molar-refractivity contribution is -0.255. The monoisotopic (exact) mass is 409 g/mol. The highest BCUT2D eigenvalue weighted by molar-refractivity contribution is 6.46. The summed E-state index contributed by atoms with van der Waals surface area (Å²) >= 11 is 17.9. The van der Waals surface area contributed by atoms with E-state index in [9.17, 15) is 9.90 Å². The van der Waals surface area contributed by atoms with Crippen LogP contribution in [0.3, 0.4) is 0 Å². The number of benzene rings is 1. The minimum absolute atomic E-state index is 0.0361. The predicted octanol–water partition coefficient (Wildman–Crippen LogP) is 3.90. The molecule has 0 aliphatic rings. The number of H-pyrrole nitrogens is 1. The van der Waals surface area contributed by atoms with Crippen LogP contribution in [0.5, 0.6) is 0 Å². The van der Waals surface area contributed by atoms with E-state index < -0.39 is 11.7 Å². The number of hydrazone groups is 1. The van der Waals surface area contributed by atoms with Crippen LogP contribution in [-0.4, -0.2) is 22.2 Å². The van der Waals surface area contributed by atoms with Gasteiger partial charge in [-0.25, -0.2) is 4.98 Å². The maximum absolute atomic E-state index is 11.1. The van der Waals surface area contributed by atoms with Crippen molar-refractivity contribution in [3.63, 3.8) is 0 Å². The smallest absolute Gasteiger partial charge is 0.150 e. The van der Waals surface area contributed by atoms with Gasteiger partial charge < -0.3 is 14.9 Å². The topological polar surface area (TPSA) is 93.2 Å². The van der Waals surface area contributed by atoms with Crippen LogP contribution in [0.2, 0.25) is 15.2 Å². The number of nitrogens with zero attached hydrogens (tertiary/aromatic N) is 2. The van der Waals surface area contributed by atoms with Crippen molar-refractivity contribution in [2.45, 2.75) is 13.3 Å². The number of para-hydroxylation sites is 1. The number of aromatic nitrogens is 2. The number of halogens is 3. The molecule has 0 fully saturated rings. The fourth-order valence-electron chi connectivity index (χ4n) is 2.55. The van der Waals surface area contributed by atoms with Gasteiger partial charge in [0.05, 0.1) is 22.9 Å². The van der Waals surface area contributed by atoms with Crippen molar-refractivity contribution in [3.8, 4) is 0 Å². The van der Waals surface area contributed by atoms with Crippen LogP contribution in [-0.2, 0) is 6.42 Å². The number of anilines is 1. The SMILES string of the molecule is CCc1cccc2c(/C=N/Nc3c(Cl)c(Cl)nc(C(=O)[O-])c3Cl)c[nH]c12. The van der Waals surface area contributed by atoms with Crippen LogP contribution in [0.1, 0.15) is 28.5 Å². The molecule has 2 aromatic heterocycles. The van der Waals surface area contributed by atoms with E-state index in [1.165, 1.54) is 5.56 Å². The van der Waals surface area contributed by atoms with Gasteiger partial charge in [-0.15, -0.1) is 0 Å². The lowest BCUT2D eigenvalue weighted by Crippen LogP contribution is -2.24. The number of carbonyl (C=O) groups excluding carboxylic acids is 1. The summed E-state index contributed by atoms with van der Waals surface area (Å²) in [5, 5.41) is 15.7. The van der Waals surface area contributed by atoms with Crippen molar-refractivity contribution in [2.75, 3.05) is 5.43 Å². The fourth-order valence-corrected chi connectivity index (χ4v) is 3.22. The van der Waals surface area contributed by atoms with Crippen LogP contribution < -0.4 is 10.5 Å². The second-order valence-electron chi connectivity index (χ2n) is 5.35. The molecule has 134 valence electrons. The van der Waals surface area contributed by atoms with Gasteiger partial charge in [-0.1, -0.05) is 59.9 Å². The average molecular weight is 411 g/mol. The first-order chi connectivity index (χ1) is 12.4. The molecule has 0 aliphatic carbocycles. The molecule has 6 nitrogen and oxygen atoms in total. The Labute approximate surface area is 163 Å². The zero-order chi connectivity index (χ0) is 18.8. The number of aromatic carboxylic acids is 1. The predicted molar refractivity (Wildman–Crippen MR) is 102 cm³/mol. The number of pyridine rings is 1. The summed E-state index contributed by atoms with van der Waals surface area (Å²) in [6.45, 7) is 2.08. The van der Waals surface area contributed by atoms with Crippen LogP contribution >= 0.6 is 34.8 Å². The summed E-state index contributed by atoms with van der Waals surface area (Å²) in [5.74, 6) is -1.57. The molecule has 9 heteroatoms. The van der Waals surface area contributed by atoms with Gasteiger partial charge in [0.25, 0.3) is 0 Å². The van der Waals surface area contributed by atoms with E-state index in [1.54, 1.807) is 6.21 Å². The van der Waals surface area contributed by atoms with Gasteiger partial charge in [0.15, 0.2) is 5.15 Å². The Morgan fingerprint density at radius 1 is 1.35 bits per heavy atom. The number of fused-ring (bicyclic) bond motifs is 1. The number of carboxylic acids is 1. The van der Waals surface area contributed by atoms with Gasteiger partial charge in [-0.05, 0) is 12.0 Å². The van der Waals surface area contributed by atoms with Crippen molar-refractivity contribution in [1.29, 1.82) is 0 Å². The molecule has 0 unspecified atom stereocenters. The van der Waals surface area contributed by atoms with E-state index >= 15 is 0 Å². The van der Waals surface area contributed by atoms with E-state index in [0.717, 1.165) is 22.9 Å². The lowest BCUT2D eigenvalue weighted by atomic mass is 10.1. The Balaban J connectivity index is 1.94. The molecule has 2 N–H and O–H groups in total. The van der Waals surface area contributed by atoms with Gasteiger partial charge in [0, 0.05) is 22.7 Å². The lowest BCUT2D eigenvalue weighted by Gasteiger charge is -2.12. The Bertz CT molecular complexity index is 1030. The summed E-state index contributed by atoms with van der Waals surface area (Å²) in [5.41, 5.74) is 5.23. The number of nitrogens with one attached hydrogen (secondary N) is 2. The first-order valence-corrected chi connectivity index (χ1v) is 8.71. The Kier molecular flexibility index (Phi) is 5.36. The number of rotatable bonds is 5. The molecule has 0 radical (unpaired) electrons. The molecule has 0 atom stereocenters. The first kappa shape index (κ1) is 18.5. The quantitative estimate of drug-likeness (QED) is 0.379. The van der Waals surface area contributed by atoms with Gasteiger partial charge >= 0.3 is 0 Å². The second-order valence-corrected chi connectivity index (χ2v) is 6.46. The molecule has 3 aromatic rings. The highest BCUT2D eigenvalue weighted by Crippen LogP contribution is 2.36. The van der Waals surface area contributed by atoms with Crippen LogP contribution in [0.15, 0.2) is 29.5 Å². The summed E-state index contributed by atoms with van der Waals surface area (Å²) < 4.78 is 0. The summed E-state index contributed by atoms with van der Waals surface area (Å²) in [6.07, 6.45) is 4.29. The second kappa shape index (κ2) is 7.53. The van der Waals surface area contributed by atoms with E-state index in [1.807, 2.05) is 18.3 Å². The summed E-state index contributed by atoms with van der Waals surface area (Å²) in [7, 11) is 0. The van der Waals surface area contributed by atoms with Crippen LogP contribution in [0, 0.1) is 0 Å². The largest absolute Gasteiger partial charge is 0.543 e. The van der Waals surface area contributed by atoms with Gasteiger partial charge in [-0.2, -0.15) is 5.10 Å². The van der Waals surface area contributed by atoms with Crippen molar-refractivity contribution >= 4 is 63.6 Å². The van der Waals surface area contributed by atoms with Crippen molar-refractivity contribution in [2.24, 2.45) is 5.10 Å².